The van der Waals surface area contributed by atoms with E-state index in [1.165, 1.54) is 24.9 Å². The first-order chi connectivity index (χ1) is 10.7. The van der Waals surface area contributed by atoms with Crippen molar-refractivity contribution >= 4 is 5.78 Å². The van der Waals surface area contributed by atoms with E-state index in [1.807, 2.05) is 12.1 Å². The number of ketones is 1. The van der Waals surface area contributed by atoms with Crippen molar-refractivity contribution in [2.45, 2.75) is 38.5 Å². The Morgan fingerprint density at radius 1 is 1.23 bits per heavy atom. The molecular formula is C19H25NO2. The normalized spacial score (nSPS) is 24.3. The van der Waals surface area contributed by atoms with Crippen LogP contribution in [0.5, 0.6) is 5.75 Å². The molecular weight excluding hydrogens is 274 g/mol. The highest BCUT2D eigenvalue weighted by Crippen LogP contribution is 2.44. The van der Waals surface area contributed by atoms with Gasteiger partial charge in [-0.1, -0.05) is 6.07 Å². The number of hydrogen-bond donors (Lipinski definition) is 0. The average molecular weight is 299 g/mol. The van der Waals surface area contributed by atoms with Crippen molar-refractivity contribution < 1.29 is 9.53 Å². The van der Waals surface area contributed by atoms with Crippen molar-refractivity contribution in [1.82, 2.24) is 4.90 Å². The van der Waals surface area contributed by atoms with Gasteiger partial charge >= 0.3 is 0 Å². The van der Waals surface area contributed by atoms with E-state index in [2.05, 4.69) is 11.0 Å². The smallest absolute Gasteiger partial charge is 0.169 e. The Morgan fingerprint density at radius 2 is 2.00 bits per heavy atom. The molecule has 0 amide bonds. The predicted octanol–water partition coefficient (Wildman–Crippen LogP) is 3.32. The van der Waals surface area contributed by atoms with Crippen molar-refractivity contribution in [1.29, 1.82) is 0 Å². The summed E-state index contributed by atoms with van der Waals surface area (Å²) in [4.78, 5) is 15.7. The highest BCUT2D eigenvalue weighted by Gasteiger charge is 2.44. The van der Waals surface area contributed by atoms with Crippen LogP contribution in [-0.4, -0.2) is 37.4 Å². The van der Waals surface area contributed by atoms with Gasteiger partial charge in [0.1, 0.15) is 5.75 Å². The SMILES string of the molecule is COc1ccc2c(c1)C(=O)C1(CC2)CCN(CC2CC2)CC1. The Bertz CT molecular complexity index is 583. The molecule has 3 nitrogen and oxygen atoms in total. The molecule has 0 N–H and O–H groups in total. The number of likely N-dealkylation sites (tertiary alicyclic amines) is 1. The summed E-state index contributed by atoms with van der Waals surface area (Å²) in [5.41, 5.74) is 2.03. The van der Waals surface area contributed by atoms with Gasteiger partial charge in [0.05, 0.1) is 7.11 Å². The highest BCUT2D eigenvalue weighted by atomic mass is 16.5. The number of methoxy groups -OCH3 is 1. The molecule has 118 valence electrons. The summed E-state index contributed by atoms with van der Waals surface area (Å²) in [5.74, 6) is 2.12. The van der Waals surface area contributed by atoms with Crippen LogP contribution in [0.25, 0.3) is 0 Å². The zero-order valence-electron chi connectivity index (χ0n) is 13.4. The number of Topliss-reactive ketones (excluding diaryl/α,β-unsaturated/α-hetero) is 1. The number of rotatable bonds is 3. The summed E-state index contributed by atoms with van der Waals surface area (Å²) in [7, 11) is 1.67. The Labute approximate surface area is 132 Å². The fraction of sp³-hybridized carbons (Fsp3) is 0.632. The van der Waals surface area contributed by atoms with Gasteiger partial charge in [-0.2, -0.15) is 0 Å². The molecule has 3 aliphatic rings. The second kappa shape index (κ2) is 5.38. The number of benzene rings is 1. The molecule has 2 aliphatic carbocycles. The van der Waals surface area contributed by atoms with Crippen LogP contribution in [-0.2, 0) is 6.42 Å². The summed E-state index contributed by atoms with van der Waals surface area (Å²) in [5, 5.41) is 0. The number of aryl methyl sites for hydroxylation is 1. The van der Waals surface area contributed by atoms with Crippen LogP contribution >= 0.6 is 0 Å². The monoisotopic (exact) mass is 299 g/mol. The second-order valence-corrected chi connectivity index (χ2v) is 7.38. The predicted molar refractivity (Wildman–Crippen MR) is 86.5 cm³/mol. The summed E-state index contributed by atoms with van der Waals surface area (Å²) >= 11 is 0. The average Bonchev–Trinajstić information content (AvgIpc) is 3.37. The molecule has 1 heterocycles. The van der Waals surface area contributed by atoms with Crippen LogP contribution in [0, 0.1) is 11.3 Å². The first kappa shape index (κ1) is 14.3. The van der Waals surface area contributed by atoms with Crippen LogP contribution in [0.4, 0.5) is 0 Å². The summed E-state index contributed by atoms with van der Waals surface area (Å²) in [6.45, 7) is 3.46. The molecule has 1 aromatic carbocycles. The van der Waals surface area contributed by atoms with Gasteiger partial charge in [0, 0.05) is 17.5 Å². The molecule has 1 aliphatic heterocycles. The molecule has 4 rings (SSSR count). The van der Waals surface area contributed by atoms with Crippen molar-refractivity contribution in [2.75, 3.05) is 26.7 Å². The number of ether oxygens (including phenoxy) is 1. The van der Waals surface area contributed by atoms with E-state index >= 15 is 0 Å². The van der Waals surface area contributed by atoms with Crippen LogP contribution in [0.1, 0.15) is 48.0 Å². The third-order valence-electron chi connectivity index (χ3n) is 5.94. The van der Waals surface area contributed by atoms with E-state index in [0.29, 0.717) is 5.78 Å². The highest BCUT2D eigenvalue weighted by molar-refractivity contribution is 6.03. The Morgan fingerprint density at radius 3 is 2.68 bits per heavy atom. The minimum absolute atomic E-state index is 0.0978. The molecule has 2 fully saturated rings. The maximum absolute atomic E-state index is 13.1. The van der Waals surface area contributed by atoms with E-state index in [-0.39, 0.29) is 5.41 Å². The number of carbonyl (C=O) groups is 1. The second-order valence-electron chi connectivity index (χ2n) is 7.38. The number of hydrogen-bond acceptors (Lipinski definition) is 3. The molecule has 1 saturated carbocycles. The van der Waals surface area contributed by atoms with Crippen molar-refractivity contribution in [2.24, 2.45) is 11.3 Å². The number of fused-ring (bicyclic) bond motifs is 1. The molecule has 0 atom stereocenters. The number of carbonyl (C=O) groups excluding carboxylic acids is 1. The molecule has 1 saturated heterocycles. The Hall–Kier alpha value is -1.35. The van der Waals surface area contributed by atoms with E-state index in [9.17, 15) is 4.79 Å². The van der Waals surface area contributed by atoms with Crippen LogP contribution < -0.4 is 4.74 Å². The molecule has 3 heteroatoms. The third kappa shape index (κ3) is 2.45. The van der Waals surface area contributed by atoms with E-state index in [4.69, 9.17) is 4.74 Å². The van der Waals surface area contributed by atoms with Gasteiger partial charge in [-0.05, 0) is 75.2 Å². The molecule has 1 aromatic rings. The number of piperidine rings is 1. The van der Waals surface area contributed by atoms with Gasteiger partial charge in [0.2, 0.25) is 0 Å². The molecule has 1 spiro atoms. The lowest BCUT2D eigenvalue weighted by molar-refractivity contribution is 0.0534. The van der Waals surface area contributed by atoms with Crippen LogP contribution in [0.3, 0.4) is 0 Å². The molecule has 0 bridgehead atoms. The summed E-state index contributed by atoms with van der Waals surface area (Å²) in [6, 6.07) is 6.00. The van der Waals surface area contributed by atoms with Gasteiger partial charge in [-0.25, -0.2) is 0 Å². The van der Waals surface area contributed by atoms with Crippen molar-refractivity contribution in [3.05, 3.63) is 29.3 Å². The van der Waals surface area contributed by atoms with Crippen molar-refractivity contribution in [3.63, 3.8) is 0 Å². The summed E-state index contributed by atoms with van der Waals surface area (Å²) in [6.07, 6.45) is 6.96. The topological polar surface area (TPSA) is 29.5 Å². The standard InChI is InChI=1S/C19H25NO2/c1-22-16-5-4-15-6-7-19(18(21)17(15)12-16)8-10-20(11-9-19)13-14-2-3-14/h4-5,12,14H,2-3,6-11,13H2,1H3. The minimum atomic E-state index is -0.0978. The Kier molecular flexibility index (Phi) is 3.48. The first-order valence-electron chi connectivity index (χ1n) is 8.64. The molecule has 0 radical (unpaired) electrons. The van der Waals surface area contributed by atoms with Gasteiger partial charge in [0.15, 0.2) is 5.78 Å². The minimum Gasteiger partial charge on any atom is -0.497 e. The quantitative estimate of drug-likeness (QED) is 0.857. The van der Waals surface area contributed by atoms with E-state index in [1.54, 1.807) is 7.11 Å². The largest absolute Gasteiger partial charge is 0.497 e. The first-order valence-corrected chi connectivity index (χ1v) is 8.64. The maximum atomic E-state index is 13.1. The van der Waals surface area contributed by atoms with E-state index in [0.717, 1.165) is 56.0 Å². The maximum Gasteiger partial charge on any atom is 0.169 e. The van der Waals surface area contributed by atoms with E-state index < -0.39 is 0 Å². The number of nitrogens with zero attached hydrogens (tertiary/aromatic N) is 1. The van der Waals surface area contributed by atoms with Crippen molar-refractivity contribution in [3.8, 4) is 5.75 Å². The molecule has 0 aromatic heterocycles. The van der Waals surface area contributed by atoms with Crippen LogP contribution in [0.2, 0.25) is 0 Å². The fourth-order valence-corrected chi connectivity index (χ4v) is 4.19. The van der Waals surface area contributed by atoms with Gasteiger partial charge < -0.3 is 9.64 Å². The molecule has 22 heavy (non-hydrogen) atoms. The lowest BCUT2D eigenvalue weighted by Crippen LogP contribution is -2.46. The zero-order valence-corrected chi connectivity index (χ0v) is 13.4. The fourth-order valence-electron chi connectivity index (χ4n) is 4.19. The van der Waals surface area contributed by atoms with Gasteiger partial charge in [-0.15, -0.1) is 0 Å². The lowest BCUT2D eigenvalue weighted by Gasteiger charge is -2.43. The lowest BCUT2D eigenvalue weighted by atomic mass is 9.65. The molecule has 0 unspecified atom stereocenters. The third-order valence-corrected chi connectivity index (χ3v) is 5.94. The van der Waals surface area contributed by atoms with Crippen LogP contribution in [0.15, 0.2) is 18.2 Å². The van der Waals surface area contributed by atoms with Gasteiger partial charge in [0.25, 0.3) is 0 Å². The van der Waals surface area contributed by atoms with Gasteiger partial charge in [-0.3, -0.25) is 4.79 Å². The zero-order chi connectivity index (χ0) is 15.2. The summed E-state index contributed by atoms with van der Waals surface area (Å²) < 4.78 is 5.31. The Balaban J connectivity index is 1.52.